The Labute approximate surface area is 130 Å². The summed E-state index contributed by atoms with van der Waals surface area (Å²) < 4.78 is 0. The average Bonchev–Trinajstić information content (AvgIpc) is 2.73. The lowest BCUT2D eigenvalue weighted by molar-refractivity contribution is -0.138. The molecule has 0 radical (unpaired) electrons. The van der Waals surface area contributed by atoms with Gasteiger partial charge in [-0.15, -0.1) is 0 Å². The predicted molar refractivity (Wildman–Crippen MR) is 76.9 cm³/mol. The Balaban J connectivity index is 2.30. The second-order valence-electron chi connectivity index (χ2n) is 4.66. The summed E-state index contributed by atoms with van der Waals surface area (Å²) in [6.07, 6.45) is 0.205. The van der Waals surface area contributed by atoms with Crippen LogP contribution in [0.5, 0.6) is 0 Å². The number of carbonyl (C=O) groups is 5. The standard InChI is InChI=1S/C12H17N3O6S/c1-7(16)22-8-2-11(19)15(5-8)6-10(18)13-3-9(17)14-4-12(20)21/h8H,2-6H2,1H3,(H,13,18)(H,14,17)(H,20,21). The van der Waals surface area contributed by atoms with Gasteiger partial charge in [0.25, 0.3) is 0 Å². The lowest BCUT2D eigenvalue weighted by Crippen LogP contribution is -2.43. The van der Waals surface area contributed by atoms with Crippen molar-refractivity contribution >= 4 is 40.6 Å². The lowest BCUT2D eigenvalue weighted by atomic mass is 10.4. The molecule has 22 heavy (non-hydrogen) atoms. The SMILES string of the molecule is CC(=O)SC1CC(=O)N(CC(=O)NCC(=O)NCC(=O)O)C1. The van der Waals surface area contributed by atoms with E-state index in [1.165, 1.54) is 11.8 Å². The van der Waals surface area contributed by atoms with Crippen molar-refractivity contribution in [2.24, 2.45) is 0 Å². The van der Waals surface area contributed by atoms with Crippen molar-refractivity contribution in [2.45, 2.75) is 18.6 Å². The zero-order valence-electron chi connectivity index (χ0n) is 12.0. The molecule has 0 aromatic heterocycles. The zero-order chi connectivity index (χ0) is 16.7. The minimum Gasteiger partial charge on any atom is -0.480 e. The number of nitrogens with one attached hydrogen (secondary N) is 2. The van der Waals surface area contributed by atoms with Gasteiger partial charge in [-0.05, 0) is 0 Å². The van der Waals surface area contributed by atoms with Gasteiger partial charge in [-0.25, -0.2) is 0 Å². The minimum absolute atomic E-state index is 0.0841. The van der Waals surface area contributed by atoms with Crippen LogP contribution in [0, 0.1) is 0 Å². The number of amides is 3. The van der Waals surface area contributed by atoms with Gasteiger partial charge in [0.2, 0.25) is 17.7 Å². The van der Waals surface area contributed by atoms with Crippen molar-refractivity contribution < 1.29 is 29.1 Å². The molecule has 1 saturated heterocycles. The molecule has 1 aliphatic heterocycles. The van der Waals surface area contributed by atoms with E-state index in [1.54, 1.807) is 0 Å². The molecule has 1 rings (SSSR count). The van der Waals surface area contributed by atoms with Crippen LogP contribution in [0.1, 0.15) is 13.3 Å². The summed E-state index contributed by atoms with van der Waals surface area (Å²) in [6, 6.07) is 0. The first kappa shape index (κ1) is 18.0. The number of carboxylic acid groups (broad SMARTS) is 1. The Morgan fingerprint density at radius 2 is 1.86 bits per heavy atom. The Bertz CT molecular complexity index is 495. The quantitative estimate of drug-likeness (QED) is 0.500. The molecule has 0 bridgehead atoms. The molecular formula is C12H17N3O6S. The van der Waals surface area contributed by atoms with E-state index in [-0.39, 0.29) is 35.8 Å². The highest BCUT2D eigenvalue weighted by molar-refractivity contribution is 8.14. The summed E-state index contributed by atoms with van der Waals surface area (Å²) in [5, 5.41) is 12.5. The van der Waals surface area contributed by atoms with Crippen LogP contribution >= 0.6 is 11.8 Å². The third kappa shape index (κ3) is 6.57. The predicted octanol–water partition coefficient (Wildman–Crippen LogP) is -1.82. The highest BCUT2D eigenvalue weighted by atomic mass is 32.2. The maximum Gasteiger partial charge on any atom is 0.322 e. The molecule has 0 aromatic rings. The molecule has 0 aliphatic carbocycles. The Kier molecular flexibility index (Phi) is 6.83. The third-order valence-corrected chi connectivity index (χ3v) is 3.71. The molecule has 122 valence electrons. The van der Waals surface area contributed by atoms with Crippen molar-refractivity contribution in [1.29, 1.82) is 0 Å². The largest absolute Gasteiger partial charge is 0.480 e. The number of hydrogen-bond acceptors (Lipinski definition) is 6. The zero-order valence-corrected chi connectivity index (χ0v) is 12.8. The van der Waals surface area contributed by atoms with Gasteiger partial charge in [-0.2, -0.15) is 0 Å². The number of hydrogen-bond donors (Lipinski definition) is 3. The lowest BCUT2D eigenvalue weighted by Gasteiger charge is -2.15. The molecule has 3 amide bonds. The number of nitrogens with zero attached hydrogens (tertiary/aromatic N) is 1. The molecule has 1 aliphatic rings. The number of likely N-dealkylation sites (tertiary alicyclic amines) is 1. The fourth-order valence-corrected chi connectivity index (χ4v) is 2.80. The number of carboxylic acids is 1. The maximum absolute atomic E-state index is 11.7. The van der Waals surface area contributed by atoms with Crippen LogP contribution in [-0.2, 0) is 24.0 Å². The number of thioether (sulfide) groups is 1. The summed E-state index contributed by atoms with van der Waals surface area (Å²) >= 11 is 1.07. The van der Waals surface area contributed by atoms with E-state index in [2.05, 4.69) is 10.6 Å². The fraction of sp³-hybridized carbons (Fsp3) is 0.583. The Morgan fingerprint density at radius 3 is 2.45 bits per heavy atom. The Hall–Kier alpha value is -2.10. The summed E-state index contributed by atoms with van der Waals surface area (Å²) in [4.78, 5) is 57.1. The van der Waals surface area contributed by atoms with Gasteiger partial charge in [-0.3, -0.25) is 24.0 Å². The smallest absolute Gasteiger partial charge is 0.322 e. The number of rotatable bonds is 7. The summed E-state index contributed by atoms with van der Waals surface area (Å²) in [7, 11) is 0. The molecule has 0 saturated carbocycles. The van der Waals surface area contributed by atoms with Crippen LogP contribution in [0.3, 0.4) is 0 Å². The van der Waals surface area contributed by atoms with Crippen LogP contribution in [0.4, 0.5) is 0 Å². The van der Waals surface area contributed by atoms with Crippen molar-refractivity contribution in [3.05, 3.63) is 0 Å². The van der Waals surface area contributed by atoms with E-state index < -0.39 is 24.3 Å². The van der Waals surface area contributed by atoms with Gasteiger partial charge in [0.1, 0.15) is 6.54 Å². The van der Waals surface area contributed by atoms with Crippen LogP contribution in [0.15, 0.2) is 0 Å². The number of aliphatic carboxylic acids is 1. The van der Waals surface area contributed by atoms with E-state index in [9.17, 15) is 24.0 Å². The first-order valence-electron chi connectivity index (χ1n) is 6.48. The number of carbonyl (C=O) groups excluding carboxylic acids is 4. The molecule has 1 atom stereocenters. The normalized spacial score (nSPS) is 17.2. The van der Waals surface area contributed by atoms with Gasteiger partial charge in [0.15, 0.2) is 5.12 Å². The first-order chi connectivity index (χ1) is 10.3. The topological polar surface area (TPSA) is 133 Å². The molecule has 9 nitrogen and oxygen atoms in total. The van der Waals surface area contributed by atoms with E-state index in [1.807, 2.05) is 0 Å². The van der Waals surface area contributed by atoms with E-state index in [0.29, 0.717) is 6.54 Å². The van der Waals surface area contributed by atoms with E-state index in [0.717, 1.165) is 11.8 Å². The van der Waals surface area contributed by atoms with Crippen molar-refractivity contribution in [2.75, 3.05) is 26.2 Å². The molecule has 1 fully saturated rings. The maximum atomic E-state index is 11.7. The molecule has 0 aromatic carbocycles. The van der Waals surface area contributed by atoms with Crippen LogP contribution in [0.2, 0.25) is 0 Å². The second-order valence-corrected chi connectivity index (χ2v) is 6.13. The van der Waals surface area contributed by atoms with E-state index in [4.69, 9.17) is 5.11 Å². The summed E-state index contributed by atoms with van der Waals surface area (Å²) in [5.74, 6) is -2.55. The molecule has 1 heterocycles. The molecule has 0 spiro atoms. The Morgan fingerprint density at radius 1 is 1.23 bits per heavy atom. The van der Waals surface area contributed by atoms with E-state index >= 15 is 0 Å². The molecule has 3 N–H and O–H groups in total. The molecule has 1 unspecified atom stereocenters. The third-order valence-electron chi connectivity index (χ3n) is 2.73. The second kappa shape index (κ2) is 8.37. The summed E-state index contributed by atoms with van der Waals surface area (Å²) in [6.45, 7) is 0.644. The molecular weight excluding hydrogens is 314 g/mol. The van der Waals surface area contributed by atoms with Crippen molar-refractivity contribution in [1.82, 2.24) is 15.5 Å². The highest BCUT2D eigenvalue weighted by Crippen LogP contribution is 2.23. The van der Waals surface area contributed by atoms with Gasteiger partial charge < -0.3 is 20.6 Å². The first-order valence-corrected chi connectivity index (χ1v) is 7.36. The van der Waals surface area contributed by atoms with Crippen LogP contribution in [-0.4, -0.2) is 70.2 Å². The van der Waals surface area contributed by atoms with Gasteiger partial charge >= 0.3 is 5.97 Å². The fourth-order valence-electron chi connectivity index (χ4n) is 1.85. The van der Waals surface area contributed by atoms with Crippen molar-refractivity contribution in [3.63, 3.8) is 0 Å². The average molecular weight is 331 g/mol. The monoisotopic (exact) mass is 331 g/mol. The summed E-state index contributed by atoms with van der Waals surface area (Å²) in [5.41, 5.74) is 0. The van der Waals surface area contributed by atoms with Gasteiger partial charge in [0.05, 0.1) is 13.1 Å². The van der Waals surface area contributed by atoms with Crippen LogP contribution < -0.4 is 10.6 Å². The molecule has 10 heteroatoms. The highest BCUT2D eigenvalue weighted by Gasteiger charge is 2.31. The van der Waals surface area contributed by atoms with Gasteiger partial charge in [-0.1, -0.05) is 11.8 Å². The minimum atomic E-state index is -1.18. The van der Waals surface area contributed by atoms with Crippen molar-refractivity contribution in [3.8, 4) is 0 Å². The van der Waals surface area contributed by atoms with Gasteiger partial charge in [0, 0.05) is 25.1 Å². The van der Waals surface area contributed by atoms with Crippen LogP contribution in [0.25, 0.3) is 0 Å².